The van der Waals surface area contributed by atoms with Crippen molar-refractivity contribution in [2.45, 2.75) is 0 Å². The lowest BCUT2D eigenvalue weighted by Crippen LogP contribution is -2.37. The predicted octanol–water partition coefficient (Wildman–Crippen LogP) is 2.52. The molecule has 0 spiro atoms. The van der Waals surface area contributed by atoms with Gasteiger partial charge in [0.05, 0.1) is 24.5 Å². The van der Waals surface area contributed by atoms with Crippen molar-refractivity contribution in [3.8, 4) is 6.07 Å². The summed E-state index contributed by atoms with van der Waals surface area (Å²) in [7, 11) is 0. The van der Waals surface area contributed by atoms with Gasteiger partial charge >= 0.3 is 0 Å². The fourth-order valence-electron chi connectivity index (χ4n) is 2.42. The fraction of sp³-hybridized carbons (Fsp3) is 0.250. The number of nitrogens with zero attached hydrogens (tertiary/aromatic N) is 5. The Bertz CT molecular complexity index is 876. The van der Waals surface area contributed by atoms with Crippen molar-refractivity contribution in [1.29, 1.82) is 5.26 Å². The van der Waals surface area contributed by atoms with Crippen LogP contribution in [0.5, 0.6) is 0 Å². The van der Waals surface area contributed by atoms with E-state index in [0.29, 0.717) is 47.7 Å². The Morgan fingerprint density at radius 3 is 2.77 bits per heavy atom. The second kappa shape index (κ2) is 8.19. The minimum Gasteiger partial charge on any atom is -0.378 e. The number of nitrogens with two attached hydrogens (primary N) is 1. The molecule has 3 N–H and O–H groups in total. The number of halogens is 2. The number of benzene rings is 1. The summed E-state index contributed by atoms with van der Waals surface area (Å²) >= 11 is 12.0. The first kappa shape index (κ1) is 18.2. The monoisotopic (exact) mass is 391 g/mol. The number of aromatic nitrogens is 2. The van der Waals surface area contributed by atoms with E-state index in [1.807, 2.05) is 4.90 Å². The third kappa shape index (κ3) is 4.14. The Labute approximate surface area is 160 Å². The van der Waals surface area contributed by atoms with Crippen LogP contribution in [0.3, 0.4) is 0 Å². The number of hydrogen-bond acceptors (Lipinski definition) is 8. The molecule has 10 heteroatoms. The van der Waals surface area contributed by atoms with Gasteiger partial charge in [0.2, 0.25) is 5.95 Å². The summed E-state index contributed by atoms with van der Waals surface area (Å²) in [6, 6.07) is 7.16. The first-order chi connectivity index (χ1) is 12.6. The molecule has 0 unspecified atom stereocenters. The summed E-state index contributed by atoms with van der Waals surface area (Å²) in [5, 5.41) is 14.6. The van der Waals surface area contributed by atoms with Gasteiger partial charge < -0.3 is 15.4 Å². The maximum absolute atomic E-state index is 9.56. The molecule has 8 nitrogen and oxygen atoms in total. The van der Waals surface area contributed by atoms with E-state index in [4.69, 9.17) is 33.7 Å². The van der Waals surface area contributed by atoms with Crippen LogP contribution in [0.25, 0.3) is 0 Å². The van der Waals surface area contributed by atoms with Crippen LogP contribution in [0.15, 0.2) is 23.3 Å². The zero-order chi connectivity index (χ0) is 18.5. The number of anilines is 3. The Balaban J connectivity index is 1.86. The van der Waals surface area contributed by atoms with E-state index in [1.165, 1.54) is 6.21 Å². The van der Waals surface area contributed by atoms with E-state index in [0.717, 1.165) is 0 Å². The molecule has 0 aliphatic carbocycles. The van der Waals surface area contributed by atoms with Crippen LogP contribution in [0, 0.1) is 11.3 Å². The van der Waals surface area contributed by atoms with E-state index in [-0.39, 0.29) is 17.3 Å². The molecule has 1 aromatic heterocycles. The Hall–Kier alpha value is -2.60. The zero-order valence-electron chi connectivity index (χ0n) is 13.6. The third-order valence-corrected chi connectivity index (χ3v) is 4.23. The van der Waals surface area contributed by atoms with Gasteiger partial charge in [0.1, 0.15) is 11.6 Å². The molecule has 0 saturated carbocycles. The quantitative estimate of drug-likeness (QED) is 0.607. The number of nitrogens with one attached hydrogen (secondary N) is 1. The number of hydrazone groups is 1. The molecule has 0 radical (unpaired) electrons. The normalized spacial score (nSPS) is 14.4. The first-order valence-electron chi connectivity index (χ1n) is 7.73. The van der Waals surface area contributed by atoms with Crippen molar-refractivity contribution in [3.63, 3.8) is 0 Å². The molecular formula is C16H15Cl2N7O. The zero-order valence-corrected chi connectivity index (χ0v) is 15.1. The van der Waals surface area contributed by atoms with Crippen LogP contribution in [-0.4, -0.2) is 42.5 Å². The standard InChI is InChI=1S/C16H15Cl2N7O/c17-11-2-1-10(13(18)7-11)9-21-24-14-12(8-19)15(23-16(20)22-14)25-3-5-26-6-4-25/h1-2,7,9H,3-6H2,(H3,20,22,23,24)/b21-9+. The fourth-order valence-corrected chi connectivity index (χ4v) is 2.88. The van der Waals surface area contributed by atoms with Crippen molar-refractivity contribution in [2.24, 2.45) is 5.10 Å². The lowest BCUT2D eigenvalue weighted by atomic mass is 10.2. The molecule has 1 fully saturated rings. The smallest absolute Gasteiger partial charge is 0.224 e. The van der Waals surface area contributed by atoms with Crippen LogP contribution in [0.4, 0.5) is 17.6 Å². The number of nitrogen functional groups attached to an aromatic ring is 1. The summed E-state index contributed by atoms with van der Waals surface area (Å²) in [4.78, 5) is 10.2. The SMILES string of the molecule is N#Cc1c(N/N=C/c2ccc(Cl)cc2Cl)nc(N)nc1N1CCOCC1. The minimum atomic E-state index is 0.0488. The number of hydrogen-bond donors (Lipinski definition) is 2. The highest BCUT2D eigenvalue weighted by atomic mass is 35.5. The lowest BCUT2D eigenvalue weighted by molar-refractivity contribution is 0.122. The Kier molecular flexibility index (Phi) is 5.73. The summed E-state index contributed by atoms with van der Waals surface area (Å²) in [5.41, 5.74) is 9.47. The average molecular weight is 392 g/mol. The molecule has 1 aromatic carbocycles. The molecule has 0 atom stereocenters. The largest absolute Gasteiger partial charge is 0.378 e. The van der Waals surface area contributed by atoms with Crippen LogP contribution in [-0.2, 0) is 4.74 Å². The van der Waals surface area contributed by atoms with Gasteiger partial charge in [-0.1, -0.05) is 29.3 Å². The highest BCUT2D eigenvalue weighted by Crippen LogP contribution is 2.25. The minimum absolute atomic E-state index is 0.0488. The van der Waals surface area contributed by atoms with Gasteiger partial charge in [-0.25, -0.2) is 0 Å². The van der Waals surface area contributed by atoms with E-state index < -0.39 is 0 Å². The highest BCUT2D eigenvalue weighted by Gasteiger charge is 2.20. The molecule has 2 heterocycles. The molecule has 1 saturated heterocycles. The van der Waals surface area contributed by atoms with Gasteiger partial charge in [-0.05, 0) is 12.1 Å². The number of ether oxygens (including phenoxy) is 1. The van der Waals surface area contributed by atoms with Crippen molar-refractivity contribution in [3.05, 3.63) is 39.4 Å². The number of rotatable bonds is 4. The molecule has 1 aliphatic heterocycles. The van der Waals surface area contributed by atoms with Crippen molar-refractivity contribution in [2.75, 3.05) is 42.4 Å². The molecular weight excluding hydrogens is 377 g/mol. The summed E-state index contributed by atoms with van der Waals surface area (Å²) < 4.78 is 5.33. The number of morpholine rings is 1. The van der Waals surface area contributed by atoms with E-state index >= 15 is 0 Å². The van der Waals surface area contributed by atoms with Crippen molar-refractivity contribution < 1.29 is 4.74 Å². The maximum Gasteiger partial charge on any atom is 0.224 e. The van der Waals surface area contributed by atoms with Crippen LogP contribution >= 0.6 is 23.2 Å². The molecule has 0 amide bonds. The molecule has 134 valence electrons. The van der Waals surface area contributed by atoms with Gasteiger partial charge in [-0.15, -0.1) is 0 Å². The Morgan fingerprint density at radius 2 is 2.08 bits per heavy atom. The van der Waals surface area contributed by atoms with E-state index in [2.05, 4.69) is 26.6 Å². The number of nitriles is 1. The first-order valence-corrected chi connectivity index (χ1v) is 8.48. The topological polar surface area (TPSA) is 112 Å². The van der Waals surface area contributed by atoms with Gasteiger partial charge in [-0.2, -0.15) is 20.3 Å². The van der Waals surface area contributed by atoms with E-state index in [1.54, 1.807) is 18.2 Å². The van der Waals surface area contributed by atoms with Gasteiger partial charge in [0.15, 0.2) is 11.6 Å². The summed E-state index contributed by atoms with van der Waals surface area (Å²) in [6.45, 7) is 2.36. The van der Waals surface area contributed by atoms with Crippen molar-refractivity contribution >= 4 is 47.0 Å². The van der Waals surface area contributed by atoms with E-state index in [9.17, 15) is 5.26 Å². The molecule has 3 rings (SSSR count). The van der Waals surface area contributed by atoms with Gasteiger partial charge in [-0.3, -0.25) is 5.43 Å². The third-order valence-electron chi connectivity index (χ3n) is 3.67. The van der Waals surface area contributed by atoms with Gasteiger partial charge in [0.25, 0.3) is 0 Å². The van der Waals surface area contributed by atoms with Crippen molar-refractivity contribution in [1.82, 2.24) is 9.97 Å². The second-order valence-electron chi connectivity index (χ2n) is 5.38. The van der Waals surface area contributed by atoms with Crippen LogP contribution in [0.2, 0.25) is 10.0 Å². The predicted molar refractivity (Wildman–Crippen MR) is 102 cm³/mol. The summed E-state index contributed by atoms with van der Waals surface area (Å²) in [6.07, 6.45) is 1.51. The molecule has 2 aromatic rings. The maximum atomic E-state index is 9.56. The van der Waals surface area contributed by atoms with Crippen LogP contribution < -0.4 is 16.1 Å². The molecule has 26 heavy (non-hydrogen) atoms. The molecule has 1 aliphatic rings. The second-order valence-corrected chi connectivity index (χ2v) is 6.22. The Morgan fingerprint density at radius 1 is 1.31 bits per heavy atom. The highest BCUT2D eigenvalue weighted by molar-refractivity contribution is 6.36. The van der Waals surface area contributed by atoms with Gasteiger partial charge in [0, 0.05) is 23.7 Å². The summed E-state index contributed by atoms with van der Waals surface area (Å²) in [5.74, 6) is 0.737. The van der Waals surface area contributed by atoms with Crippen LogP contribution in [0.1, 0.15) is 11.1 Å². The lowest BCUT2D eigenvalue weighted by Gasteiger charge is -2.28. The average Bonchev–Trinajstić information content (AvgIpc) is 2.64. The molecule has 0 bridgehead atoms.